The SMILES string of the molecule is CCC1CCCCN1c1cnc(C(=O)Nc2cccc(C#N)c2)cn1. The molecule has 6 nitrogen and oxygen atoms in total. The zero-order valence-corrected chi connectivity index (χ0v) is 14.3. The molecule has 1 aromatic heterocycles. The van der Waals surface area contributed by atoms with Crippen molar-refractivity contribution in [3.63, 3.8) is 0 Å². The van der Waals surface area contributed by atoms with Gasteiger partial charge < -0.3 is 10.2 Å². The highest BCUT2D eigenvalue weighted by atomic mass is 16.1. The topological polar surface area (TPSA) is 81.9 Å². The van der Waals surface area contributed by atoms with E-state index in [9.17, 15) is 4.79 Å². The minimum Gasteiger partial charge on any atom is -0.352 e. The van der Waals surface area contributed by atoms with Gasteiger partial charge in [-0.1, -0.05) is 13.0 Å². The van der Waals surface area contributed by atoms with Crippen molar-refractivity contribution in [2.45, 2.75) is 38.6 Å². The quantitative estimate of drug-likeness (QED) is 0.926. The molecule has 1 aliphatic rings. The minimum atomic E-state index is -0.333. The molecular weight excluding hydrogens is 314 g/mol. The second-order valence-corrected chi connectivity index (χ2v) is 6.16. The maximum absolute atomic E-state index is 12.3. The number of piperidine rings is 1. The van der Waals surface area contributed by atoms with Gasteiger partial charge in [0, 0.05) is 18.3 Å². The first kappa shape index (κ1) is 16.9. The van der Waals surface area contributed by atoms with E-state index in [-0.39, 0.29) is 11.6 Å². The highest BCUT2D eigenvalue weighted by molar-refractivity contribution is 6.02. The molecule has 0 saturated carbocycles. The Balaban J connectivity index is 1.71. The Morgan fingerprint density at radius 3 is 2.96 bits per heavy atom. The van der Waals surface area contributed by atoms with Crippen LogP contribution >= 0.6 is 0 Å². The van der Waals surface area contributed by atoms with E-state index in [4.69, 9.17) is 5.26 Å². The molecule has 128 valence electrons. The van der Waals surface area contributed by atoms with Crippen molar-refractivity contribution in [1.29, 1.82) is 5.26 Å². The minimum absolute atomic E-state index is 0.260. The van der Waals surface area contributed by atoms with Crippen LogP contribution in [0, 0.1) is 11.3 Å². The van der Waals surface area contributed by atoms with Crippen molar-refractivity contribution >= 4 is 17.4 Å². The lowest BCUT2D eigenvalue weighted by molar-refractivity contribution is 0.102. The standard InChI is InChI=1S/C19H21N5O/c1-2-16-8-3-4-9-24(16)18-13-21-17(12-22-18)19(25)23-15-7-5-6-14(10-15)11-20/h5-7,10,12-13,16H,2-4,8-9H2,1H3,(H,23,25). The number of hydrogen-bond acceptors (Lipinski definition) is 5. The average molecular weight is 335 g/mol. The lowest BCUT2D eigenvalue weighted by atomic mass is 10.0. The van der Waals surface area contributed by atoms with Crippen molar-refractivity contribution in [2.24, 2.45) is 0 Å². The average Bonchev–Trinajstić information content (AvgIpc) is 2.68. The molecule has 3 rings (SSSR count). The zero-order valence-electron chi connectivity index (χ0n) is 14.3. The molecule has 0 aliphatic carbocycles. The summed E-state index contributed by atoms with van der Waals surface area (Å²) in [4.78, 5) is 23.3. The van der Waals surface area contributed by atoms with Gasteiger partial charge in [0.1, 0.15) is 11.5 Å². The molecule has 1 atom stereocenters. The molecule has 1 saturated heterocycles. The van der Waals surface area contributed by atoms with Crippen LogP contribution in [-0.4, -0.2) is 28.5 Å². The molecular formula is C19H21N5O. The van der Waals surface area contributed by atoms with E-state index in [1.165, 1.54) is 19.0 Å². The molecule has 0 spiro atoms. The van der Waals surface area contributed by atoms with Crippen LogP contribution < -0.4 is 10.2 Å². The summed E-state index contributed by atoms with van der Waals surface area (Å²) in [5.74, 6) is 0.495. The van der Waals surface area contributed by atoms with Crippen LogP contribution in [0.5, 0.6) is 0 Å². The first-order chi connectivity index (χ1) is 12.2. The van der Waals surface area contributed by atoms with Crippen LogP contribution in [0.2, 0.25) is 0 Å². The lowest BCUT2D eigenvalue weighted by Gasteiger charge is -2.35. The molecule has 25 heavy (non-hydrogen) atoms. The van der Waals surface area contributed by atoms with Crippen molar-refractivity contribution in [3.8, 4) is 6.07 Å². The van der Waals surface area contributed by atoms with E-state index < -0.39 is 0 Å². The Labute approximate surface area is 147 Å². The van der Waals surface area contributed by atoms with Crippen LogP contribution in [0.1, 0.15) is 48.7 Å². The lowest BCUT2D eigenvalue weighted by Crippen LogP contribution is -2.39. The molecule has 6 heteroatoms. The fourth-order valence-electron chi connectivity index (χ4n) is 3.18. The summed E-state index contributed by atoms with van der Waals surface area (Å²) in [6.45, 7) is 3.17. The predicted octanol–water partition coefficient (Wildman–Crippen LogP) is 3.37. The van der Waals surface area contributed by atoms with Crippen LogP contribution in [0.4, 0.5) is 11.5 Å². The van der Waals surface area contributed by atoms with Crippen LogP contribution in [-0.2, 0) is 0 Å². The highest BCUT2D eigenvalue weighted by Gasteiger charge is 2.22. The number of amides is 1. The first-order valence-corrected chi connectivity index (χ1v) is 8.61. The van der Waals surface area contributed by atoms with Crippen molar-refractivity contribution in [2.75, 3.05) is 16.8 Å². The number of rotatable bonds is 4. The number of nitrogens with one attached hydrogen (secondary N) is 1. The molecule has 2 heterocycles. The van der Waals surface area contributed by atoms with Gasteiger partial charge in [0.25, 0.3) is 5.91 Å². The first-order valence-electron chi connectivity index (χ1n) is 8.61. The summed E-state index contributed by atoms with van der Waals surface area (Å²) in [7, 11) is 0. The largest absolute Gasteiger partial charge is 0.352 e. The van der Waals surface area contributed by atoms with Crippen LogP contribution in [0.15, 0.2) is 36.7 Å². The van der Waals surface area contributed by atoms with Gasteiger partial charge in [-0.2, -0.15) is 5.26 Å². The van der Waals surface area contributed by atoms with Gasteiger partial charge in [-0.25, -0.2) is 9.97 Å². The van der Waals surface area contributed by atoms with E-state index in [1.54, 1.807) is 30.5 Å². The van der Waals surface area contributed by atoms with E-state index in [0.29, 0.717) is 17.3 Å². The molecule has 1 aliphatic heterocycles. The smallest absolute Gasteiger partial charge is 0.275 e. The van der Waals surface area contributed by atoms with Crippen molar-refractivity contribution in [3.05, 3.63) is 47.9 Å². The molecule has 1 aromatic carbocycles. The Hall–Kier alpha value is -2.94. The number of benzene rings is 1. The third kappa shape index (κ3) is 3.94. The Bertz CT molecular complexity index is 781. The van der Waals surface area contributed by atoms with Gasteiger partial charge >= 0.3 is 0 Å². The summed E-state index contributed by atoms with van der Waals surface area (Å²) < 4.78 is 0. The summed E-state index contributed by atoms with van der Waals surface area (Å²) in [6, 6.07) is 9.32. The number of nitriles is 1. The molecule has 1 N–H and O–H groups in total. The van der Waals surface area contributed by atoms with Gasteiger partial charge in [0.15, 0.2) is 0 Å². The second kappa shape index (κ2) is 7.75. The molecule has 1 amide bonds. The predicted molar refractivity (Wildman–Crippen MR) is 96.4 cm³/mol. The monoisotopic (exact) mass is 335 g/mol. The van der Waals surface area contributed by atoms with Crippen LogP contribution in [0.25, 0.3) is 0 Å². The van der Waals surface area contributed by atoms with E-state index in [1.807, 2.05) is 6.07 Å². The Morgan fingerprint density at radius 2 is 2.24 bits per heavy atom. The van der Waals surface area contributed by atoms with Gasteiger partial charge in [0.05, 0.1) is 24.0 Å². The summed E-state index contributed by atoms with van der Waals surface area (Å²) in [5.41, 5.74) is 1.32. The van der Waals surface area contributed by atoms with Gasteiger partial charge in [-0.15, -0.1) is 0 Å². The number of hydrogen-bond donors (Lipinski definition) is 1. The number of carbonyl (C=O) groups is 1. The molecule has 0 radical (unpaired) electrons. The highest BCUT2D eigenvalue weighted by Crippen LogP contribution is 2.24. The Morgan fingerprint density at radius 1 is 1.36 bits per heavy atom. The van der Waals surface area contributed by atoms with E-state index in [2.05, 4.69) is 27.1 Å². The van der Waals surface area contributed by atoms with Gasteiger partial charge in [-0.3, -0.25) is 4.79 Å². The number of anilines is 2. The summed E-state index contributed by atoms with van der Waals surface area (Å²) in [6.07, 6.45) is 7.86. The normalized spacial score (nSPS) is 17.0. The van der Waals surface area contributed by atoms with Crippen molar-refractivity contribution < 1.29 is 4.79 Å². The molecule has 0 bridgehead atoms. The summed E-state index contributed by atoms with van der Waals surface area (Å²) in [5, 5.41) is 11.7. The van der Waals surface area contributed by atoms with Crippen molar-refractivity contribution in [1.82, 2.24) is 9.97 Å². The van der Waals surface area contributed by atoms with Crippen LogP contribution in [0.3, 0.4) is 0 Å². The molecule has 2 aromatic rings. The third-order valence-electron chi connectivity index (χ3n) is 4.51. The number of carbonyl (C=O) groups excluding carboxylic acids is 1. The maximum atomic E-state index is 12.3. The van der Waals surface area contributed by atoms with E-state index >= 15 is 0 Å². The number of nitrogens with zero attached hydrogens (tertiary/aromatic N) is 4. The maximum Gasteiger partial charge on any atom is 0.275 e. The molecule has 1 unspecified atom stereocenters. The fraction of sp³-hybridized carbons (Fsp3) is 0.368. The fourth-order valence-corrected chi connectivity index (χ4v) is 3.18. The number of aromatic nitrogens is 2. The third-order valence-corrected chi connectivity index (χ3v) is 4.51. The summed E-state index contributed by atoms with van der Waals surface area (Å²) >= 11 is 0. The van der Waals surface area contributed by atoms with Gasteiger partial charge in [-0.05, 0) is 43.9 Å². The van der Waals surface area contributed by atoms with E-state index in [0.717, 1.165) is 25.2 Å². The zero-order chi connectivity index (χ0) is 17.6. The Kier molecular flexibility index (Phi) is 5.24. The molecule has 1 fully saturated rings. The second-order valence-electron chi connectivity index (χ2n) is 6.16. The van der Waals surface area contributed by atoms with Gasteiger partial charge in [0.2, 0.25) is 0 Å².